The Kier molecular flexibility index (Phi) is 4.65. The first-order valence-corrected chi connectivity index (χ1v) is 8.36. The van der Waals surface area contributed by atoms with Gasteiger partial charge in [-0.15, -0.1) is 0 Å². The van der Waals surface area contributed by atoms with E-state index in [1.165, 1.54) is 12.1 Å². The van der Waals surface area contributed by atoms with E-state index in [-0.39, 0.29) is 22.9 Å². The molecule has 1 N–H and O–H groups in total. The summed E-state index contributed by atoms with van der Waals surface area (Å²) in [5.74, 6) is -1.52. The van der Waals surface area contributed by atoms with Crippen LogP contribution < -0.4 is 4.72 Å². The number of benzene rings is 1. The van der Waals surface area contributed by atoms with Crippen LogP contribution in [0, 0.1) is 11.7 Å². The molecule has 0 heterocycles. The second-order valence-corrected chi connectivity index (χ2v) is 7.18. The van der Waals surface area contributed by atoms with Crippen LogP contribution in [0.5, 0.6) is 0 Å². The van der Waals surface area contributed by atoms with Crippen LogP contribution in [0.1, 0.15) is 31.2 Å². The second-order valence-electron chi connectivity index (χ2n) is 5.02. The van der Waals surface area contributed by atoms with Crippen molar-refractivity contribution in [3.05, 3.63) is 34.6 Å². The molecular formula is C13H15ClFNO3S. The van der Waals surface area contributed by atoms with E-state index in [0.29, 0.717) is 0 Å². The van der Waals surface area contributed by atoms with Crippen LogP contribution in [0.2, 0.25) is 5.02 Å². The average molecular weight is 320 g/mol. The van der Waals surface area contributed by atoms with Crippen molar-refractivity contribution in [3.63, 3.8) is 0 Å². The van der Waals surface area contributed by atoms with Crippen LogP contribution in [0.25, 0.3) is 0 Å². The largest absolute Gasteiger partial charge is 0.274 e. The fourth-order valence-corrected chi connectivity index (χ4v) is 3.40. The van der Waals surface area contributed by atoms with Gasteiger partial charge in [0.2, 0.25) is 15.9 Å². The van der Waals surface area contributed by atoms with Gasteiger partial charge < -0.3 is 0 Å². The van der Waals surface area contributed by atoms with Crippen molar-refractivity contribution in [2.45, 2.75) is 31.4 Å². The summed E-state index contributed by atoms with van der Waals surface area (Å²) in [6, 6.07) is 3.68. The smallest absolute Gasteiger partial charge is 0.239 e. The first kappa shape index (κ1) is 15.3. The van der Waals surface area contributed by atoms with Crippen molar-refractivity contribution in [3.8, 4) is 0 Å². The highest BCUT2D eigenvalue weighted by atomic mass is 35.5. The van der Waals surface area contributed by atoms with Crippen LogP contribution in [0.3, 0.4) is 0 Å². The molecule has 7 heteroatoms. The van der Waals surface area contributed by atoms with Crippen LogP contribution in [-0.2, 0) is 20.6 Å². The average Bonchev–Trinajstić information content (AvgIpc) is 2.27. The molecule has 0 atom stereocenters. The molecule has 0 spiro atoms. The summed E-state index contributed by atoms with van der Waals surface area (Å²) >= 11 is 5.70. The minimum Gasteiger partial charge on any atom is -0.274 e. The lowest BCUT2D eigenvalue weighted by Crippen LogP contribution is -2.34. The molecule has 0 radical (unpaired) electrons. The van der Waals surface area contributed by atoms with Crippen LogP contribution in [0.4, 0.5) is 4.39 Å². The molecule has 1 saturated carbocycles. The molecule has 1 aromatic carbocycles. The topological polar surface area (TPSA) is 63.2 Å². The van der Waals surface area contributed by atoms with Gasteiger partial charge in [0.25, 0.3) is 0 Å². The number of carbonyl (C=O) groups excluding carboxylic acids is 1. The van der Waals surface area contributed by atoms with E-state index in [0.717, 1.165) is 25.3 Å². The van der Waals surface area contributed by atoms with Crippen molar-refractivity contribution in [2.75, 3.05) is 0 Å². The monoisotopic (exact) mass is 319 g/mol. The second kappa shape index (κ2) is 6.10. The van der Waals surface area contributed by atoms with Crippen molar-refractivity contribution >= 4 is 27.5 Å². The Morgan fingerprint density at radius 2 is 2.10 bits per heavy atom. The summed E-state index contributed by atoms with van der Waals surface area (Å²) in [6.07, 6.45) is 3.20. The minimum absolute atomic E-state index is 0.0542. The number of hydrogen-bond acceptors (Lipinski definition) is 3. The molecule has 110 valence electrons. The summed E-state index contributed by atoms with van der Waals surface area (Å²) < 4.78 is 39.1. The Morgan fingerprint density at radius 3 is 2.70 bits per heavy atom. The van der Waals surface area contributed by atoms with Gasteiger partial charge in [0.15, 0.2) is 0 Å². The zero-order valence-electron chi connectivity index (χ0n) is 10.7. The lowest BCUT2D eigenvalue weighted by Gasteiger charge is -2.24. The fraction of sp³-hybridized carbons (Fsp3) is 0.462. The Morgan fingerprint density at radius 1 is 1.40 bits per heavy atom. The minimum atomic E-state index is -3.90. The predicted octanol–water partition coefficient (Wildman–Crippen LogP) is 2.62. The Bertz CT molecular complexity index is 614. The Labute approximate surface area is 122 Å². The molecule has 0 aromatic heterocycles. The molecule has 0 saturated heterocycles. The van der Waals surface area contributed by atoms with Gasteiger partial charge in [0.05, 0.1) is 5.75 Å². The molecule has 1 fully saturated rings. The van der Waals surface area contributed by atoms with E-state index in [4.69, 9.17) is 11.6 Å². The van der Waals surface area contributed by atoms with Gasteiger partial charge in [0.1, 0.15) is 5.82 Å². The summed E-state index contributed by atoms with van der Waals surface area (Å²) in [5, 5.41) is 0.248. The highest BCUT2D eigenvalue weighted by Gasteiger charge is 2.24. The number of amides is 1. The molecule has 1 aromatic rings. The van der Waals surface area contributed by atoms with E-state index < -0.39 is 27.5 Å². The number of carbonyl (C=O) groups is 1. The Hall–Kier alpha value is -1.14. The fourth-order valence-electron chi connectivity index (χ4n) is 2.07. The van der Waals surface area contributed by atoms with Crippen molar-refractivity contribution in [1.29, 1.82) is 0 Å². The van der Waals surface area contributed by atoms with Gasteiger partial charge >= 0.3 is 0 Å². The molecule has 1 aliphatic rings. The molecular weight excluding hydrogens is 305 g/mol. The quantitative estimate of drug-likeness (QED) is 0.907. The van der Waals surface area contributed by atoms with Gasteiger partial charge in [-0.1, -0.05) is 18.0 Å². The first-order valence-electron chi connectivity index (χ1n) is 6.33. The molecule has 4 nitrogen and oxygen atoms in total. The number of nitrogens with one attached hydrogen (secondary N) is 1. The first-order chi connectivity index (χ1) is 9.35. The van der Waals surface area contributed by atoms with E-state index in [1.54, 1.807) is 0 Å². The predicted molar refractivity (Wildman–Crippen MR) is 74.1 cm³/mol. The number of hydrogen-bond donors (Lipinski definition) is 1. The SMILES string of the molecule is O=C(CC1CCC1)NS(=O)(=O)Cc1cc(Cl)ccc1F. The molecule has 1 amide bonds. The van der Waals surface area contributed by atoms with Gasteiger partial charge in [0, 0.05) is 17.0 Å². The molecule has 1 aliphatic carbocycles. The number of rotatable bonds is 5. The van der Waals surface area contributed by atoms with Gasteiger partial charge in [-0.05, 0) is 37.0 Å². The molecule has 20 heavy (non-hydrogen) atoms. The molecule has 2 rings (SSSR count). The Balaban J connectivity index is 1.99. The van der Waals surface area contributed by atoms with Crippen molar-refractivity contribution in [1.82, 2.24) is 4.72 Å². The van der Waals surface area contributed by atoms with Crippen LogP contribution in [-0.4, -0.2) is 14.3 Å². The molecule has 0 bridgehead atoms. The van der Waals surface area contributed by atoms with Gasteiger partial charge in [-0.25, -0.2) is 12.8 Å². The van der Waals surface area contributed by atoms with E-state index in [2.05, 4.69) is 0 Å². The summed E-state index contributed by atoms with van der Waals surface area (Å²) in [5.41, 5.74) is -0.0542. The summed E-state index contributed by atoms with van der Waals surface area (Å²) in [4.78, 5) is 11.6. The highest BCUT2D eigenvalue weighted by Crippen LogP contribution is 2.29. The van der Waals surface area contributed by atoms with E-state index in [9.17, 15) is 17.6 Å². The zero-order valence-corrected chi connectivity index (χ0v) is 12.3. The number of sulfonamides is 1. The lowest BCUT2D eigenvalue weighted by molar-refractivity contribution is -0.120. The van der Waals surface area contributed by atoms with E-state index in [1.807, 2.05) is 4.72 Å². The summed E-state index contributed by atoms with van der Waals surface area (Å²) in [7, 11) is -3.90. The molecule has 0 aliphatic heterocycles. The third-order valence-corrected chi connectivity index (χ3v) is 4.79. The van der Waals surface area contributed by atoms with Gasteiger partial charge in [-0.3, -0.25) is 9.52 Å². The third kappa shape index (κ3) is 4.18. The third-order valence-electron chi connectivity index (χ3n) is 3.32. The van der Waals surface area contributed by atoms with E-state index >= 15 is 0 Å². The van der Waals surface area contributed by atoms with Crippen LogP contribution >= 0.6 is 11.6 Å². The van der Waals surface area contributed by atoms with Crippen molar-refractivity contribution in [2.24, 2.45) is 5.92 Å². The summed E-state index contributed by atoms with van der Waals surface area (Å²) in [6.45, 7) is 0. The number of halogens is 2. The maximum atomic E-state index is 13.5. The van der Waals surface area contributed by atoms with Crippen molar-refractivity contribution < 1.29 is 17.6 Å². The molecule has 0 unspecified atom stereocenters. The maximum absolute atomic E-state index is 13.5. The standard InChI is InChI=1S/C13H15ClFNO3S/c14-11-4-5-12(15)10(7-11)8-20(18,19)16-13(17)6-9-2-1-3-9/h4-5,7,9H,1-3,6,8H2,(H,16,17). The highest BCUT2D eigenvalue weighted by molar-refractivity contribution is 7.89. The zero-order chi connectivity index (χ0) is 14.8. The van der Waals surface area contributed by atoms with Gasteiger partial charge in [-0.2, -0.15) is 0 Å². The maximum Gasteiger partial charge on any atom is 0.239 e. The normalized spacial score (nSPS) is 15.7. The lowest BCUT2D eigenvalue weighted by atomic mass is 9.83. The van der Waals surface area contributed by atoms with Crippen LogP contribution in [0.15, 0.2) is 18.2 Å².